The van der Waals surface area contributed by atoms with Crippen LogP contribution in [0, 0.1) is 0 Å². The number of rotatable bonds is 6. The summed E-state index contributed by atoms with van der Waals surface area (Å²) in [5, 5.41) is 2.91. The summed E-state index contributed by atoms with van der Waals surface area (Å²) >= 11 is 0. The fourth-order valence-electron chi connectivity index (χ4n) is 2.05. The molecule has 3 heteroatoms. The van der Waals surface area contributed by atoms with Crippen molar-refractivity contribution in [3.05, 3.63) is 66.2 Å². The minimum absolute atomic E-state index is 0.0222. The standard InChI is InChI=1S/C17H20N2O/c1-2-19(13-15-9-5-3-6-10-15)14-17(20)18-16-11-7-4-8-12-16/h3-12H,2,13-14H2,1H3,(H,18,20). The lowest BCUT2D eigenvalue weighted by Gasteiger charge is -2.19. The minimum atomic E-state index is 0.0222. The number of hydrogen-bond donors (Lipinski definition) is 1. The smallest absolute Gasteiger partial charge is 0.238 e. The molecule has 0 aromatic heterocycles. The van der Waals surface area contributed by atoms with Crippen LogP contribution in [0.15, 0.2) is 60.7 Å². The van der Waals surface area contributed by atoms with Crippen molar-refractivity contribution in [3.8, 4) is 0 Å². The van der Waals surface area contributed by atoms with Crippen LogP contribution in [-0.4, -0.2) is 23.9 Å². The maximum Gasteiger partial charge on any atom is 0.238 e. The first-order valence-corrected chi connectivity index (χ1v) is 6.89. The van der Waals surface area contributed by atoms with E-state index in [2.05, 4.69) is 29.3 Å². The van der Waals surface area contributed by atoms with Crippen LogP contribution in [0.3, 0.4) is 0 Å². The molecule has 0 unspecified atom stereocenters. The number of carbonyl (C=O) groups is 1. The van der Waals surface area contributed by atoms with E-state index in [0.717, 1.165) is 18.8 Å². The summed E-state index contributed by atoms with van der Waals surface area (Å²) in [4.78, 5) is 14.1. The lowest BCUT2D eigenvalue weighted by atomic mass is 10.2. The van der Waals surface area contributed by atoms with Gasteiger partial charge in [-0.3, -0.25) is 9.69 Å². The molecular weight excluding hydrogens is 248 g/mol. The second-order valence-electron chi connectivity index (χ2n) is 4.70. The monoisotopic (exact) mass is 268 g/mol. The van der Waals surface area contributed by atoms with E-state index in [1.807, 2.05) is 48.5 Å². The van der Waals surface area contributed by atoms with Gasteiger partial charge in [-0.2, -0.15) is 0 Å². The maximum absolute atomic E-state index is 12.0. The van der Waals surface area contributed by atoms with E-state index in [-0.39, 0.29) is 5.91 Å². The highest BCUT2D eigenvalue weighted by Gasteiger charge is 2.09. The first kappa shape index (κ1) is 14.3. The van der Waals surface area contributed by atoms with Gasteiger partial charge in [0.1, 0.15) is 0 Å². The second kappa shape index (κ2) is 7.46. The van der Waals surface area contributed by atoms with Crippen LogP contribution in [0.4, 0.5) is 5.69 Å². The van der Waals surface area contributed by atoms with Gasteiger partial charge in [0.25, 0.3) is 0 Å². The van der Waals surface area contributed by atoms with E-state index in [0.29, 0.717) is 6.54 Å². The van der Waals surface area contributed by atoms with E-state index >= 15 is 0 Å². The molecule has 0 aliphatic carbocycles. The molecule has 2 aromatic carbocycles. The molecule has 104 valence electrons. The van der Waals surface area contributed by atoms with Gasteiger partial charge in [-0.15, -0.1) is 0 Å². The number of para-hydroxylation sites is 1. The number of hydrogen-bond acceptors (Lipinski definition) is 2. The average Bonchev–Trinajstić information content (AvgIpc) is 2.48. The summed E-state index contributed by atoms with van der Waals surface area (Å²) in [6.45, 7) is 4.11. The number of nitrogens with zero attached hydrogens (tertiary/aromatic N) is 1. The van der Waals surface area contributed by atoms with Crippen LogP contribution in [0.25, 0.3) is 0 Å². The van der Waals surface area contributed by atoms with Gasteiger partial charge in [-0.05, 0) is 24.2 Å². The van der Waals surface area contributed by atoms with Crippen molar-refractivity contribution in [2.45, 2.75) is 13.5 Å². The molecule has 0 saturated carbocycles. The van der Waals surface area contributed by atoms with Gasteiger partial charge in [0, 0.05) is 12.2 Å². The molecule has 0 radical (unpaired) electrons. The predicted octanol–water partition coefficient (Wildman–Crippen LogP) is 3.15. The van der Waals surface area contributed by atoms with Crippen molar-refractivity contribution in [1.29, 1.82) is 0 Å². The molecule has 2 rings (SSSR count). The van der Waals surface area contributed by atoms with Crippen LogP contribution in [0.1, 0.15) is 12.5 Å². The van der Waals surface area contributed by atoms with Crippen molar-refractivity contribution >= 4 is 11.6 Å². The van der Waals surface area contributed by atoms with E-state index in [9.17, 15) is 4.79 Å². The molecule has 0 bridgehead atoms. The molecule has 0 fully saturated rings. The maximum atomic E-state index is 12.0. The number of nitrogens with one attached hydrogen (secondary N) is 1. The third kappa shape index (κ3) is 4.52. The number of anilines is 1. The van der Waals surface area contributed by atoms with Crippen LogP contribution in [0.2, 0.25) is 0 Å². The zero-order valence-corrected chi connectivity index (χ0v) is 11.8. The molecule has 0 heterocycles. The van der Waals surface area contributed by atoms with Gasteiger partial charge < -0.3 is 5.32 Å². The molecule has 0 atom stereocenters. The van der Waals surface area contributed by atoms with Crippen LogP contribution >= 0.6 is 0 Å². The van der Waals surface area contributed by atoms with E-state index < -0.39 is 0 Å². The first-order chi connectivity index (χ1) is 9.78. The summed E-state index contributed by atoms with van der Waals surface area (Å²) in [5.41, 5.74) is 2.06. The molecule has 0 aliphatic heterocycles. The molecule has 1 N–H and O–H groups in total. The number of likely N-dealkylation sites (N-methyl/N-ethyl adjacent to an activating group) is 1. The lowest BCUT2D eigenvalue weighted by molar-refractivity contribution is -0.117. The van der Waals surface area contributed by atoms with E-state index in [4.69, 9.17) is 0 Å². The van der Waals surface area contributed by atoms with Gasteiger partial charge in [0.15, 0.2) is 0 Å². The quantitative estimate of drug-likeness (QED) is 0.873. The second-order valence-corrected chi connectivity index (χ2v) is 4.70. The zero-order valence-electron chi connectivity index (χ0n) is 11.8. The van der Waals surface area contributed by atoms with Gasteiger partial charge in [0.2, 0.25) is 5.91 Å². The molecule has 20 heavy (non-hydrogen) atoms. The highest BCUT2D eigenvalue weighted by Crippen LogP contribution is 2.07. The Morgan fingerprint density at radius 2 is 1.60 bits per heavy atom. The minimum Gasteiger partial charge on any atom is -0.325 e. The van der Waals surface area contributed by atoms with Gasteiger partial charge in [0.05, 0.1) is 6.54 Å². The van der Waals surface area contributed by atoms with E-state index in [1.165, 1.54) is 5.56 Å². The van der Waals surface area contributed by atoms with Gasteiger partial charge >= 0.3 is 0 Å². The number of carbonyl (C=O) groups excluding carboxylic acids is 1. The average molecular weight is 268 g/mol. The normalized spacial score (nSPS) is 10.5. The van der Waals surface area contributed by atoms with Crippen LogP contribution in [-0.2, 0) is 11.3 Å². The number of amides is 1. The molecule has 0 aliphatic rings. The van der Waals surface area contributed by atoms with Gasteiger partial charge in [-0.25, -0.2) is 0 Å². The fourth-order valence-corrected chi connectivity index (χ4v) is 2.05. The van der Waals surface area contributed by atoms with Crippen LogP contribution < -0.4 is 5.32 Å². The number of benzene rings is 2. The van der Waals surface area contributed by atoms with Gasteiger partial charge in [-0.1, -0.05) is 55.5 Å². The summed E-state index contributed by atoms with van der Waals surface area (Å²) in [6, 6.07) is 19.8. The first-order valence-electron chi connectivity index (χ1n) is 6.89. The SMILES string of the molecule is CCN(CC(=O)Nc1ccccc1)Cc1ccccc1. The van der Waals surface area contributed by atoms with E-state index in [1.54, 1.807) is 0 Å². The van der Waals surface area contributed by atoms with Crippen LogP contribution in [0.5, 0.6) is 0 Å². The lowest BCUT2D eigenvalue weighted by Crippen LogP contribution is -2.32. The summed E-state index contributed by atoms with van der Waals surface area (Å²) in [5.74, 6) is 0.0222. The Labute approximate surface area is 120 Å². The largest absolute Gasteiger partial charge is 0.325 e. The molecular formula is C17H20N2O. The predicted molar refractivity (Wildman–Crippen MR) is 82.5 cm³/mol. The van der Waals surface area contributed by atoms with Crippen molar-refractivity contribution in [2.75, 3.05) is 18.4 Å². The molecule has 1 amide bonds. The van der Waals surface area contributed by atoms with Crippen molar-refractivity contribution in [2.24, 2.45) is 0 Å². The highest BCUT2D eigenvalue weighted by molar-refractivity contribution is 5.92. The Hall–Kier alpha value is -2.13. The third-order valence-electron chi connectivity index (χ3n) is 3.12. The van der Waals surface area contributed by atoms with Crippen molar-refractivity contribution < 1.29 is 4.79 Å². The highest BCUT2D eigenvalue weighted by atomic mass is 16.2. The third-order valence-corrected chi connectivity index (χ3v) is 3.12. The topological polar surface area (TPSA) is 32.3 Å². The molecule has 3 nitrogen and oxygen atoms in total. The Balaban J connectivity index is 1.88. The molecule has 0 saturated heterocycles. The fraction of sp³-hybridized carbons (Fsp3) is 0.235. The Morgan fingerprint density at radius 1 is 1.00 bits per heavy atom. The Morgan fingerprint density at radius 3 is 2.20 bits per heavy atom. The summed E-state index contributed by atoms with van der Waals surface area (Å²) in [7, 11) is 0. The van der Waals surface area contributed by atoms with Crippen molar-refractivity contribution in [3.63, 3.8) is 0 Å². The van der Waals surface area contributed by atoms with Crippen molar-refractivity contribution in [1.82, 2.24) is 4.90 Å². The molecule has 2 aromatic rings. The zero-order chi connectivity index (χ0) is 14.2. The Kier molecular flexibility index (Phi) is 5.33. The molecule has 0 spiro atoms. The Bertz CT molecular complexity index is 525. The summed E-state index contributed by atoms with van der Waals surface area (Å²) in [6.07, 6.45) is 0. The summed E-state index contributed by atoms with van der Waals surface area (Å²) < 4.78 is 0.